The van der Waals surface area contributed by atoms with Crippen LogP contribution in [0.3, 0.4) is 0 Å². The normalized spacial score (nSPS) is 13.4. The Morgan fingerprint density at radius 2 is 1.72 bits per heavy atom. The van der Waals surface area contributed by atoms with Gasteiger partial charge >= 0.3 is 0 Å². The van der Waals surface area contributed by atoms with Crippen LogP contribution in [0.2, 0.25) is 0 Å². The summed E-state index contributed by atoms with van der Waals surface area (Å²) in [5.41, 5.74) is -0.991. The van der Waals surface area contributed by atoms with Crippen LogP contribution in [0.25, 0.3) is 0 Å². The van der Waals surface area contributed by atoms with Crippen molar-refractivity contribution in [2.45, 2.75) is 12.5 Å². The molecule has 90 valence electrons. The Morgan fingerprint density at radius 3 is 2.39 bits per heavy atom. The highest BCUT2D eigenvalue weighted by Crippen LogP contribution is 2.26. The second-order valence-corrected chi connectivity index (χ2v) is 4.13. The van der Waals surface area contributed by atoms with Crippen LogP contribution in [-0.4, -0.2) is 5.11 Å². The van der Waals surface area contributed by atoms with Crippen molar-refractivity contribution in [2.75, 3.05) is 0 Å². The van der Waals surface area contributed by atoms with Gasteiger partial charge in [0.15, 0.2) is 5.60 Å². The highest BCUT2D eigenvalue weighted by Gasteiger charge is 2.22. The zero-order valence-corrected chi connectivity index (χ0v) is 10.00. The molecule has 0 aliphatic heterocycles. The molecule has 2 rings (SSSR count). The number of nitrogens with zero attached hydrogens (tertiary/aromatic N) is 1. The van der Waals surface area contributed by atoms with Crippen molar-refractivity contribution >= 4 is 0 Å². The molecule has 0 heterocycles. The minimum absolute atomic E-state index is 0.512. The maximum absolute atomic E-state index is 9.87. The number of rotatable bonds is 3. The lowest BCUT2D eigenvalue weighted by atomic mass is 9.98. The molecule has 3 heteroatoms. The maximum Gasteiger partial charge on any atom is 0.173 e. The minimum Gasteiger partial charge on any atom is -0.457 e. The standard InChI is InChI=1S/C15H13NO2/c1-15(17,11-16)12-6-5-9-14(10-12)18-13-7-3-2-4-8-13/h2-10,17H,1H3/t15-/m1/s1. The predicted molar refractivity (Wildman–Crippen MR) is 68.1 cm³/mol. The molecule has 0 unspecified atom stereocenters. The highest BCUT2D eigenvalue weighted by molar-refractivity contribution is 5.37. The first-order valence-electron chi connectivity index (χ1n) is 5.59. The van der Waals surface area contributed by atoms with Crippen LogP contribution in [0.15, 0.2) is 54.6 Å². The summed E-state index contributed by atoms with van der Waals surface area (Å²) >= 11 is 0. The number of ether oxygens (including phenoxy) is 1. The molecule has 0 saturated heterocycles. The van der Waals surface area contributed by atoms with Crippen LogP contribution >= 0.6 is 0 Å². The average molecular weight is 239 g/mol. The third-order valence-corrected chi connectivity index (χ3v) is 2.59. The summed E-state index contributed by atoms with van der Waals surface area (Å²) in [4.78, 5) is 0. The van der Waals surface area contributed by atoms with Crippen LogP contribution in [0.4, 0.5) is 0 Å². The maximum atomic E-state index is 9.87. The van der Waals surface area contributed by atoms with Crippen molar-refractivity contribution in [1.82, 2.24) is 0 Å². The second kappa shape index (κ2) is 4.91. The van der Waals surface area contributed by atoms with Crippen LogP contribution in [0, 0.1) is 11.3 Å². The van der Waals surface area contributed by atoms with Gasteiger partial charge in [0.25, 0.3) is 0 Å². The van der Waals surface area contributed by atoms with Gasteiger partial charge in [0.2, 0.25) is 0 Å². The summed E-state index contributed by atoms with van der Waals surface area (Å²) in [5.74, 6) is 1.31. The minimum atomic E-state index is -1.50. The molecule has 0 spiro atoms. The molecule has 1 atom stereocenters. The smallest absolute Gasteiger partial charge is 0.173 e. The van der Waals surface area contributed by atoms with Crippen molar-refractivity contribution in [3.63, 3.8) is 0 Å². The number of hydrogen-bond donors (Lipinski definition) is 1. The van der Waals surface area contributed by atoms with E-state index in [4.69, 9.17) is 10.00 Å². The lowest BCUT2D eigenvalue weighted by Gasteiger charge is -2.15. The molecular formula is C15H13NO2. The fourth-order valence-corrected chi connectivity index (χ4v) is 1.55. The van der Waals surface area contributed by atoms with Crippen molar-refractivity contribution in [1.29, 1.82) is 5.26 Å². The van der Waals surface area contributed by atoms with E-state index < -0.39 is 5.60 Å². The first-order chi connectivity index (χ1) is 8.62. The quantitative estimate of drug-likeness (QED) is 0.837. The first-order valence-corrected chi connectivity index (χ1v) is 5.59. The van der Waals surface area contributed by atoms with Gasteiger partial charge in [0.05, 0.1) is 0 Å². The summed E-state index contributed by atoms with van der Waals surface area (Å²) < 4.78 is 5.64. The monoisotopic (exact) mass is 239 g/mol. The Hall–Kier alpha value is -2.31. The van der Waals surface area contributed by atoms with Crippen LogP contribution in [0.1, 0.15) is 12.5 Å². The zero-order chi connectivity index (χ0) is 13.0. The number of para-hydroxylation sites is 1. The van der Waals surface area contributed by atoms with Gasteiger partial charge < -0.3 is 9.84 Å². The molecule has 0 fully saturated rings. The van der Waals surface area contributed by atoms with E-state index in [2.05, 4.69) is 0 Å². The van der Waals surface area contributed by atoms with E-state index in [-0.39, 0.29) is 0 Å². The summed E-state index contributed by atoms with van der Waals surface area (Å²) in [6, 6.07) is 18.1. The van der Waals surface area contributed by atoms with E-state index in [0.717, 1.165) is 0 Å². The van der Waals surface area contributed by atoms with Gasteiger partial charge in [-0.05, 0) is 31.2 Å². The van der Waals surface area contributed by atoms with Gasteiger partial charge in [0.1, 0.15) is 17.6 Å². The molecule has 0 aliphatic carbocycles. The van der Waals surface area contributed by atoms with Crippen LogP contribution in [-0.2, 0) is 5.60 Å². The van der Waals surface area contributed by atoms with Gasteiger partial charge in [-0.25, -0.2) is 0 Å². The molecule has 0 aliphatic rings. The second-order valence-electron chi connectivity index (χ2n) is 4.13. The molecule has 0 amide bonds. The molecule has 0 saturated carbocycles. The Balaban J connectivity index is 2.27. The van der Waals surface area contributed by atoms with E-state index >= 15 is 0 Å². The Kier molecular flexibility index (Phi) is 3.31. The van der Waals surface area contributed by atoms with E-state index in [1.54, 1.807) is 24.3 Å². The lowest BCUT2D eigenvalue weighted by Crippen LogP contribution is -2.17. The molecule has 2 aromatic rings. The highest BCUT2D eigenvalue weighted by atomic mass is 16.5. The summed E-state index contributed by atoms with van der Waals surface area (Å²) in [7, 11) is 0. The molecule has 18 heavy (non-hydrogen) atoms. The van der Waals surface area contributed by atoms with Gasteiger partial charge in [-0.3, -0.25) is 0 Å². The molecule has 2 aromatic carbocycles. The SMILES string of the molecule is C[C@@](O)(C#N)c1cccc(Oc2ccccc2)c1. The van der Waals surface area contributed by atoms with Gasteiger partial charge in [-0.1, -0.05) is 30.3 Å². The average Bonchev–Trinajstić information content (AvgIpc) is 2.40. The van der Waals surface area contributed by atoms with Gasteiger partial charge in [0, 0.05) is 5.56 Å². The lowest BCUT2D eigenvalue weighted by molar-refractivity contribution is 0.119. The van der Waals surface area contributed by atoms with Crippen LogP contribution in [0.5, 0.6) is 11.5 Å². The Morgan fingerprint density at radius 1 is 1.06 bits per heavy atom. The fraction of sp³-hybridized carbons (Fsp3) is 0.133. The van der Waals surface area contributed by atoms with Crippen LogP contribution < -0.4 is 4.74 Å². The zero-order valence-electron chi connectivity index (χ0n) is 10.00. The number of nitriles is 1. The van der Waals surface area contributed by atoms with E-state index in [0.29, 0.717) is 17.1 Å². The van der Waals surface area contributed by atoms with Gasteiger partial charge in [-0.2, -0.15) is 5.26 Å². The van der Waals surface area contributed by atoms with Crippen molar-refractivity contribution in [3.05, 3.63) is 60.2 Å². The largest absolute Gasteiger partial charge is 0.457 e. The molecule has 1 N–H and O–H groups in total. The molecule has 0 aromatic heterocycles. The topological polar surface area (TPSA) is 53.2 Å². The molecule has 3 nitrogen and oxygen atoms in total. The molecule has 0 bridgehead atoms. The van der Waals surface area contributed by atoms with Gasteiger partial charge in [-0.15, -0.1) is 0 Å². The summed E-state index contributed by atoms with van der Waals surface area (Å²) in [5, 5.41) is 18.8. The van der Waals surface area contributed by atoms with Crippen molar-refractivity contribution < 1.29 is 9.84 Å². The van der Waals surface area contributed by atoms with Crippen molar-refractivity contribution in [3.8, 4) is 17.6 Å². The first kappa shape index (κ1) is 12.2. The fourth-order valence-electron chi connectivity index (χ4n) is 1.55. The third kappa shape index (κ3) is 2.68. The van der Waals surface area contributed by atoms with E-state index in [9.17, 15) is 5.11 Å². The summed E-state index contributed by atoms with van der Waals surface area (Å²) in [6.45, 7) is 1.45. The molecule has 0 radical (unpaired) electrons. The number of benzene rings is 2. The number of aliphatic hydroxyl groups is 1. The number of hydrogen-bond acceptors (Lipinski definition) is 3. The predicted octanol–water partition coefficient (Wildman–Crippen LogP) is 3.21. The third-order valence-electron chi connectivity index (χ3n) is 2.59. The Bertz CT molecular complexity index is 571. The molecular weight excluding hydrogens is 226 g/mol. The van der Waals surface area contributed by atoms with Crippen molar-refractivity contribution in [2.24, 2.45) is 0 Å². The summed E-state index contributed by atoms with van der Waals surface area (Å²) in [6.07, 6.45) is 0. The Labute approximate surface area is 106 Å². The van der Waals surface area contributed by atoms with E-state index in [1.165, 1.54) is 6.92 Å². The van der Waals surface area contributed by atoms with E-state index in [1.807, 2.05) is 36.4 Å².